The van der Waals surface area contributed by atoms with Crippen molar-refractivity contribution >= 4 is 17.6 Å². The molecule has 2 saturated heterocycles. The average Bonchev–Trinajstić information content (AvgIpc) is 3.38. The third kappa shape index (κ3) is 4.17. The van der Waals surface area contributed by atoms with Crippen LogP contribution >= 0.6 is 0 Å². The summed E-state index contributed by atoms with van der Waals surface area (Å²) >= 11 is 0. The second-order valence-electron chi connectivity index (χ2n) is 7.10. The smallest absolute Gasteiger partial charge is 0.321 e. The van der Waals surface area contributed by atoms with Gasteiger partial charge in [0.15, 0.2) is 0 Å². The Morgan fingerprint density at radius 2 is 1.93 bits per heavy atom. The lowest BCUT2D eigenvalue weighted by Crippen LogP contribution is -2.42. The first-order chi connectivity index (χ1) is 13.7. The summed E-state index contributed by atoms with van der Waals surface area (Å²) in [6, 6.07) is 9.27. The third-order valence-electron chi connectivity index (χ3n) is 5.17. The first-order valence-corrected chi connectivity index (χ1v) is 9.77. The van der Waals surface area contributed by atoms with E-state index in [2.05, 4.69) is 10.4 Å². The first-order valence-electron chi connectivity index (χ1n) is 9.77. The van der Waals surface area contributed by atoms with Crippen LogP contribution in [-0.4, -0.2) is 70.4 Å². The van der Waals surface area contributed by atoms with Gasteiger partial charge in [-0.25, -0.2) is 9.48 Å². The molecule has 2 fully saturated rings. The van der Waals surface area contributed by atoms with Gasteiger partial charge < -0.3 is 19.9 Å². The summed E-state index contributed by atoms with van der Waals surface area (Å²) in [4.78, 5) is 28.9. The summed E-state index contributed by atoms with van der Waals surface area (Å²) in [5.74, 6) is 0.0617. The van der Waals surface area contributed by atoms with Gasteiger partial charge in [0.25, 0.3) is 5.91 Å². The summed E-state index contributed by atoms with van der Waals surface area (Å²) < 4.78 is 7.26. The fraction of sp³-hybridized carbons (Fsp3) is 0.450. The predicted octanol–water partition coefficient (Wildman–Crippen LogP) is 2.12. The minimum atomic E-state index is -0.301. The average molecular weight is 383 g/mol. The molecule has 8 nitrogen and oxygen atoms in total. The quantitative estimate of drug-likeness (QED) is 0.880. The fourth-order valence-electron chi connectivity index (χ4n) is 3.67. The van der Waals surface area contributed by atoms with Crippen molar-refractivity contribution in [3.63, 3.8) is 0 Å². The van der Waals surface area contributed by atoms with E-state index in [0.717, 1.165) is 30.6 Å². The summed E-state index contributed by atoms with van der Waals surface area (Å²) in [7, 11) is 0. The van der Waals surface area contributed by atoms with Crippen molar-refractivity contribution in [2.24, 2.45) is 0 Å². The minimum absolute atomic E-state index is 0.0617. The van der Waals surface area contributed by atoms with Crippen molar-refractivity contribution in [3.8, 4) is 5.69 Å². The van der Waals surface area contributed by atoms with Gasteiger partial charge in [0.2, 0.25) is 0 Å². The molecule has 4 rings (SSSR count). The Hall–Kier alpha value is -2.87. The third-order valence-corrected chi connectivity index (χ3v) is 5.17. The number of amides is 3. The molecule has 8 heteroatoms. The molecule has 1 aromatic heterocycles. The van der Waals surface area contributed by atoms with Gasteiger partial charge in [0.05, 0.1) is 5.69 Å². The maximum atomic E-state index is 12.7. The number of nitrogens with zero attached hydrogens (tertiary/aromatic N) is 4. The molecule has 28 heavy (non-hydrogen) atoms. The molecule has 148 valence electrons. The first kappa shape index (κ1) is 18.5. The number of urea groups is 1. The normalized spacial score (nSPS) is 20.1. The zero-order valence-electron chi connectivity index (χ0n) is 15.8. The van der Waals surface area contributed by atoms with Crippen LogP contribution in [0.2, 0.25) is 0 Å². The molecule has 2 aliphatic heterocycles. The van der Waals surface area contributed by atoms with E-state index >= 15 is 0 Å². The lowest BCUT2D eigenvalue weighted by atomic mass is 10.2. The molecule has 1 N–H and O–H groups in total. The van der Waals surface area contributed by atoms with E-state index in [9.17, 15) is 9.59 Å². The number of nitrogens with one attached hydrogen (secondary N) is 1. The van der Waals surface area contributed by atoms with Crippen LogP contribution < -0.4 is 5.32 Å². The number of hydrogen-bond acceptors (Lipinski definition) is 4. The molecular formula is C20H25N5O3. The van der Waals surface area contributed by atoms with E-state index < -0.39 is 0 Å². The molecule has 0 bridgehead atoms. The fourth-order valence-corrected chi connectivity index (χ4v) is 3.67. The Morgan fingerprint density at radius 3 is 2.71 bits per heavy atom. The topological polar surface area (TPSA) is 79.7 Å². The van der Waals surface area contributed by atoms with E-state index in [1.54, 1.807) is 15.8 Å². The Labute approximate surface area is 164 Å². The van der Waals surface area contributed by atoms with Gasteiger partial charge in [-0.2, -0.15) is 5.10 Å². The van der Waals surface area contributed by atoms with Crippen molar-refractivity contribution in [2.45, 2.75) is 25.4 Å². The molecule has 3 amide bonds. The van der Waals surface area contributed by atoms with E-state index in [4.69, 9.17) is 4.74 Å². The van der Waals surface area contributed by atoms with Gasteiger partial charge in [-0.1, -0.05) is 6.07 Å². The summed E-state index contributed by atoms with van der Waals surface area (Å²) in [5, 5.41) is 7.17. The molecule has 0 spiro atoms. The predicted molar refractivity (Wildman–Crippen MR) is 104 cm³/mol. The summed E-state index contributed by atoms with van der Waals surface area (Å²) in [6.45, 7) is 3.01. The number of aromatic nitrogens is 2. The highest BCUT2D eigenvalue weighted by atomic mass is 16.5. The minimum Gasteiger partial charge on any atom is -0.368 e. The molecule has 0 saturated carbocycles. The van der Waals surface area contributed by atoms with Crippen molar-refractivity contribution in [2.75, 3.05) is 38.1 Å². The van der Waals surface area contributed by atoms with Gasteiger partial charge in [-0.3, -0.25) is 4.79 Å². The number of ether oxygens (including phenoxy) is 1. The van der Waals surface area contributed by atoms with Crippen LogP contribution in [0, 0.1) is 0 Å². The number of carbonyl (C=O) groups excluding carboxylic acids is 2. The van der Waals surface area contributed by atoms with Gasteiger partial charge in [0.1, 0.15) is 6.10 Å². The maximum absolute atomic E-state index is 12.7. The second-order valence-corrected chi connectivity index (χ2v) is 7.10. The highest BCUT2D eigenvalue weighted by Gasteiger charge is 2.30. The molecule has 0 radical (unpaired) electrons. The van der Waals surface area contributed by atoms with Crippen LogP contribution in [0.4, 0.5) is 10.5 Å². The standard InChI is InChI=1S/C20H25N5O3/c26-19(18-7-2-14-28-18)23-9-4-10-24(13-12-23)20(27)22-16-5-1-6-17(15-16)25-11-3-8-21-25/h1,3,5-6,8,11,15,18H,2,4,7,9-10,12-14H2,(H,22,27). The number of anilines is 1. The highest BCUT2D eigenvalue weighted by Crippen LogP contribution is 2.17. The van der Waals surface area contributed by atoms with Crippen LogP contribution in [-0.2, 0) is 9.53 Å². The Bertz CT molecular complexity index is 817. The molecule has 1 unspecified atom stereocenters. The van der Waals surface area contributed by atoms with Crippen LogP contribution in [0.1, 0.15) is 19.3 Å². The van der Waals surface area contributed by atoms with Crippen LogP contribution in [0.25, 0.3) is 5.69 Å². The number of benzene rings is 1. The lowest BCUT2D eigenvalue weighted by molar-refractivity contribution is -0.140. The number of carbonyl (C=O) groups is 2. The molecule has 1 aromatic carbocycles. The van der Waals surface area contributed by atoms with E-state index in [-0.39, 0.29) is 18.0 Å². The second kappa shape index (κ2) is 8.43. The number of rotatable bonds is 3. The SMILES string of the molecule is O=C(Nc1cccc(-n2cccn2)c1)N1CCCN(C(=O)C2CCCO2)CC1. The molecule has 3 heterocycles. The largest absolute Gasteiger partial charge is 0.368 e. The molecule has 2 aromatic rings. The van der Waals surface area contributed by atoms with E-state index in [1.165, 1.54) is 0 Å². The number of hydrogen-bond donors (Lipinski definition) is 1. The van der Waals surface area contributed by atoms with E-state index in [0.29, 0.717) is 32.8 Å². The Kier molecular flexibility index (Phi) is 5.57. The lowest BCUT2D eigenvalue weighted by Gasteiger charge is -2.24. The van der Waals surface area contributed by atoms with Crippen molar-refractivity contribution in [1.82, 2.24) is 19.6 Å². The van der Waals surface area contributed by atoms with Crippen LogP contribution in [0.15, 0.2) is 42.7 Å². The zero-order valence-corrected chi connectivity index (χ0v) is 15.8. The van der Waals surface area contributed by atoms with Gasteiger partial charge in [0, 0.05) is 50.9 Å². The van der Waals surface area contributed by atoms with Crippen molar-refractivity contribution in [1.29, 1.82) is 0 Å². The summed E-state index contributed by atoms with van der Waals surface area (Å²) in [6.07, 6.45) is 5.77. The van der Waals surface area contributed by atoms with Gasteiger partial charge >= 0.3 is 6.03 Å². The molecule has 2 aliphatic rings. The van der Waals surface area contributed by atoms with E-state index in [1.807, 2.05) is 41.4 Å². The van der Waals surface area contributed by atoms with Crippen molar-refractivity contribution in [3.05, 3.63) is 42.7 Å². The van der Waals surface area contributed by atoms with Crippen LogP contribution in [0.3, 0.4) is 0 Å². The Morgan fingerprint density at radius 1 is 1.07 bits per heavy atom. The van der Waals surface area contributed by atoms with Crippen molar-refractivity contribution < 1.29 is 14.3 Å². The summed E-state index contributed by atoms with van der Waals surface area (Å²) in [5.41, 5.74) is 1.60. The van der Waals surface area contributed by atoms with Gasteiger partial charge in [-0.15, -0.1) is 0 Å². The maximum Gasteiger partial charge on any atom is 0.321 e. The molecule has 1 atom stereocenters. The zero-order chi connectivity index (χ0) is 19.3. The van der Waals surface area contributed by atoms with Crippen LogP contribution in [0.5, 0.6) is 0 Å². The molecular weight excluding hydrogens is 358 g/mol. The monoisotopic (exact) mass is 383 g/mol. The highest BCUT2D eigenvalue weighted by molar-refractivity contribution is 5.89. The Balaban J connectivity index is 1.35. The van der Waals surface area contributed by atoms with Gasteiger partial charge in [-0.05, 0) is 43.5 Å². The molecule has 0 aliphatic carbocycles.